The second-order valence-electron chi connectivity index (χ2n) is 9.41. The zero-order valence-corrected chi connectivity index (χ0v) is 17.5. The first-order chi connectivity index (χ1) is 14.4. The van der Waals surface area contributed by atoms with Crippen LogP contribution in [0.1, 0.15) is 44.1 Å². The van der Waals surface area contributed by atoms with Gasteiger partial charge < -0.3 is 19.6 Å². The fraction of sp³-hybridized carbons (Fsp3) is 0.545. The van der Waals surface area contributed by atoms with E-state index in [1.54, 1.807) is 0 Å². The molecular weight excluding hydrogens is 404 g/mol. The first-order valence-corrected chi connectivity index (χ1v) is 11.0. The second kappa shape index (κ2) is 7.38. The van der Waals surface area contributed by atoms with Crippen LogP contribution in [-0.2, 0) is 17.9 Å². The average Bonchev–Trinajstić information content (AvgIpc) is 3.15. The number of amides is 1. The van der Waals surface area contributed by atoms with Gasteiger partial charge in [-0.15, -0.1) is 0 Å². The van der Waals surface area contributed by atoms with E-state index in [-0.39, 0.29) is 23.8 Å². The minimum atomic E-state index is -0.536. The molecule has 1 aromatic carbocycles. The third-order valence-corrected chi connectivity index (χ3v) is 7.51. The zero-order valence-electron chi connectivity index (χ0n) is 16.7. The quantitative estimate of drug-likeness (QED) is 0.503. The number of imidazole rings is 1. The average molecular weight is 429 g/mol. The highest BCUT2D eigenvalue weighted by molar-refractivity contribution is 6.30. The Morgan fingerprint density at radius 3 is 2.30 bits per heavy atom. The highest BCUT2D eigenvalue weighted by Crippen LogP contribution is 2.58. The fourth-order valence-corrected chi connectivity index (χ4v) is 6.58. The maximum atomic E-state index is 13.6. The second-order valence-corrected chi connectivity index (χ2v) is 9.85. The van der Waals surface area contributed by atoms with E-state index in [0.29, 0.717) is 29.3 Å². The van der Waals surface area contributed by atoms with Crippen molar-refractivity contribution in [2.75, 3.05) is 0 Å². The van der Waals surface area contributed by atoms with Crippen molar-refractivity contribution in [2.24, 2.45) is 17.8 Å². The Morgan fingerprint density at radius 2 is 1.77 bits per heavy atom. The third kappa shape index (κ3) is 3.60. The molecule has 0 N–H and O–H groups in total. The van der Waals surface area contributed by atoms with Crippen molar-refractivity contribution in [3.05, 3.63) is 57.5 Å². The molecule has 158 valence electrons. The van der Waals surface area contributed by atoms with Crippen LogP contribution in [0.25, 0.3) is 0 Å². The molecule has 0 atom stereocenters. The van der Waals surface area contributed by atoms with Gasteiger partial charge in [-0.2, -0.15) is 0 Å². The minimum Gasteiger partial charge on any atom is -0.358 e. The van der Waals surface area contributed by atoms with Crippen LogP contribution in [0.2, 0.25) is 5.02 Å². The minimum absolute atomic E-state index is 0.000743. The number of hydrogen-bond donors (Lipinski definition) is 0. The van der Waals surface area contributed by atoms with E-state index >= 15 is 0 Å². The van der Waals surface area contributed by atoms with Gasteiger partial charge in [-0.3, -0.25) is 4.79 Å². The van der Waals surface area contributed by atoms with Crippen LogP contribution in [0.5, 0.6) is 0 Å². The lowest BCUT2D eigenvalue weighted by atomic mass is 9.52. The van der Waals surface area contributed by atoms with Crippen LogP contribution >= 0.6 is 11.6 Å². The van der Waals surface area contributed by atoms with Gasteiger partial charge in [-0.05, 0) is 83.9 Å². The van der Waals surface area contributed by atoms with E-state index in [4.69, 9.17) is 11.6 Å². The molecule has 8 heteroatoms. The lowest BCUT2D eigenvalue weighted by Crippen LogP contribution is -2.61. The summed E-state index contributed by atoms with van der Waals surface area (Å²) in [7, 11) is 0. The molecule has 1 heterocycles. The molecule has 4 aliphatic carbocycles. The summed E-state index contributed by atoms with van der Waals surface area (Å²) >= 11 is 6.06. The largest absolute Gasteiger partial charge is 0.381 e. The van der Waals surface area contributed by atoms with E-state index < -0.39 is 4.92 Å². The lowest BCUT2D eigenvalue weighted by Gasteiger charge is -2.60. The maximum absolute atomic E-state index is 13.6. The molecule has 7 nitrogen and oxygen atoms in total. The number of carbonyl (C=O) groups excluding carboxylic acids is 1. The molecule has 0 spiro atoms. The summed E-state index contributed by atoms with van der Waals surface area (Å²) in [5.74, 6) is 1.91. The van der Waals surface area contributed by atoms with Crippen molar-refractivity contribution in [1.82, 2.24) is 14.5 Å². The molecule has 4 saturated carbocycles. The van der Waals surface area contributed by atoms with E-state index in [9.17, 15) is 14.9 Å². The van der Waals surface area contributed by atoms with E-state index in [1.165, 1.54) is 36.4 Å². The molecule has 0 unspecified atom stereocenters. The standard InChI is InChI=1S/C22H25ClN4O3/c23-19-3-1-15(2-4-19)11-26(21(28)13-25-12-20(24-14-25)27(29)30)22-8-16-5-17(9-22)7-18(6-16)10-22/h1-4,12,14,16-18H,5-11,13H2. The number of halogens is 1. The molecule has 6 rings (SSSR count). The number of nitro groups is 1. The molecular formula is C22H25ClN4O3. The molecule has 0 aliphatic heterocycles. The van der Waals surface area contributed by atoms with Crippen molar-refractivity contribution in [2.45, 2.75) is 57.2 Å². The monoisotopic (exact) mass is 428 g/mol. The van der Waals surface area contributed by atoms with Crippen LogP contribution in [0, 0.1) is 27.9 Å². The number of aromatic nitrogens is 2. The third-order valence-electron chi connectivity index (χ3n) is 7.26. The van der Waals surface area contributed by atoms with E-state index in [0.717, 1.165) is 24.8 Å². The van der Waals surface area contributed by atoms with E-state index in [1.807, 2.05) is 24.3 Å². The summed E-state index contributed by atoms with van der Waals surface area (Å²) in [6.45, 7) is 0.606. The summed E-state index contributed by atoms with van der Waals surface area (Å²) in [4.78, 5) is 29.8. The first-order valence-electron chi connectivity index (χ1n) is 10.6. The molecule has 4 aliphatic rings. The topological polar surface area (TPSA) is 81.3 Å². The molecule has 0 radical (unpaired) electrons. The Bertz CT molecular complexity index is 936. The van der Waals surface area contributed by atoms with Gasteiger partial charge in [0.15, 0.2) is 0 Å². The van der Waals surface area contributed by atoms with E-state index in [2.05, 4.69) is 9.88 Å². The highest BCUT2D eigenvalue weighted by Gasteiger charge is 2.54. The molecule has 4 bridgehead atoms. The number of rotatable bonds is 6. The Labute approximate surface area is 180 Å². The van der Waals surface area contributed by atoms with Gasteiger partial charge in [0.25, 0.3) is 0 Å². The van der Waals surface area contributed by atoms with Crippen LogP contribution in [0.4, 0.5) is 5.82 Å². The lowest BCUT2D eigenvalue weighted by molar-refractivity contribution is -0.389. The molecule has 4 fully saturated rings. The van der Waals surface area contributed by atoms with Gasteiger partial charge >= 0.3 is 5.82 Å². The van der Waals surface area contributed by atoms with Gasteiger partial charge in [0.05, 0.1) is 0 Å². The van der Waals surface area contributed by atoms with Crippen molar-refractivity contribution in [3.63, 3.8) is 0 Å². The smallest absolute Gasteiger partial charge is 0.358 e. The van der Waals surface area contributed by atoms with Crippen LogP contribution in [0.3, 0.4) is 0 Å². The van der Waals surface area contributed by atoms with Gasteiger partial charge in [0.1, 0.15) is 12.7 Å². The van der Waals surface area contributed by atoms with Gasteiger partial charge in [-0.25, -0.2) is 0 Å². The number of carbonyl (C=O) groups is 1. The molecule has 0 saturated heterocycles. The highest BCUT2D eigenvalue weighted by atomic mass is 35.5. The summed E-state index contributed by atoms with van der Waals surface area (Å²) in [6, 6.07) is 7.67. The number of benzene rings is 1. The Morgan fingerprint density at radius 1 is 1.17 bits per heavy atom. The van der Waals surface area contributed by atoms with Gasteiger partial charge in [0, 0.05) is 17.1 Å². The van der Waals surface area contributed by atoms with Gasteiger partial charge in [-0.1, -0.05) is 23.7 Å². The van der Waals surface area contributed by atoms with Gasteiger partial charge in [0.2, 0.25) is 12.2 Å². The SMILES string of the molecule is O=C(Cn1cnc([N+](=O)[O-])c1)N(Cc1ccc(Cl)cc1)C12CC3CC(CC(C3)C1)C2. The number of nitrogens with zero attached hydrogens (tertiary/aromatic N) is 4. The van der Waals surface area contributed by atoms with Crippen molar-refractivity contribution < 1.29 is 9.72 Å². The number of hydrogen-bond acceptors (Lipinski definition) is 4. The zero-order chi connectivity index (χ0) is 20.9. The predicted octanol–water partition coefficient (Wildman–Crippen LogP) is 4.44. The Kier molecular flexibility index (Phi) is 4.81. The maximum Gasteiger partial charge on any atom is 0.381 e. The molecule has 2 aromatic rings. The summed E-state index contributed by atoms with van der Waals surface area (Å²) in [5.41, 5.74) is 0.956. The summed E-state index contributed by atoms with van der Waals surface area (Å²) < 4.78 is 1.52. The van der Waals surface area contributed by atoms with Crippen molar-refractivity contribution in [3.8, 4) is 0 Å². The molecule has 1 aromatic heterocycles. The molecule has 30 heavy (non-hydrogen) atoms. The summed E-state index contributed by atoms with van der Waals surface area (Å²) in [5, 5.41) is 11.6. The van der Waals surface area contributed by atoms with Crippen molar-refractivity contribution >= 4 is 23.3 Å². The van der Waals surface area contributed by atoms with Crippen LogP contribution in [-0.4, -0.2) is 30.8 Å². The normalized spacial score (nSPS) is 29.2. The Hall–Kier alpha value is -2.41. The first kappa shape index (κ1) is 19.5. The predicted molar refractivity (Wildman–Crippen MR) is 112 cm³/mol. The molecule has 1 amide bonds. The Balaban J connectivity index is 1.44. The van der Waals surface area contributed by atoms with Crippen molar-refractivity contribution in [1.29, 1.82) is 0 Å². The summed E-state index contributed by atoms with van der Waals surface area (Å²) in [6.07, 6.45) is 9.82. The van der Waals surface area contributed by atoms with Crippen LogP contribution < -0.4 is 0 Å². The van der Waals surface area contributed by atoms with Crippen LogP contribution in [0.15, 0.2) is 36.8 Å². The fourth-order valence-electron chi connectivity index (χ4n) is 6.46.